The zero-order valence-electron chi connectivity index (χ0n) is 10.6. The van der Waals surface area contributed by atoms with Crippen molar-refractivity contribution in [2.75, 3.05) is 13.7 Å². The maximum Gasteiger partial charge on any atom is 0.573 e. The minimum absolute atomic E-state index is 0.0696. The molecule has 9 heteroatoms. The van der Waals surface area contributed by atoms with Gasteiger partial charge in [0.15, 0.2) is 0 Å². The van der Waals surface area contributed by atoms with Gasteiger partial charge in [-0.3, -0.25) is 0 Å². The lowest BCUT2D eigenvalue weighted by molar-refractivity contribution is -0.275. The van der Waals surface area contributed by atoms with E-state index in [1.54, 1.807) is 0 Å². The number of aromatic nitrogens is 1. The number of carbonyl (C=O) groups is 1. The molecule has 1 aromatic rings. The van der Waals surface area contributed by atoms with Crippen LogP contribution in [0.15, 0.2) is 6.07 Å². The van der Waals surface area contributed by atoms with E-state index in [2.05, 4.69) is 19.2 Å². The first-order valence-corrected chi connectivity index (χ1v) is 5.39. The van der Waals surface area contributed by atoms with E-state index in [0.717, 1.165) is 13.2 Å². The Labute approximate surface area is 111 Å². The lowest BCUT2D eigenvalue weighted by Gasteiger charge is -2.15. The van der Waals surface area contributed by atoms with Crippen LogP contribution >= 0.6 is 0 Å². The Kier molecular flexibility index (Phi) is 5.12. The van der Waals surface area contributed by atoms with Crippen LogP contribution in [0, 0.1) is 0 Å². The monoisotopic (exact) mass is 297 g/mol. The number of rotatable bonds is 5. The minimum atomic E-state index is -5.06. The normalized spacial score (nSPS) is 11.1. The van der Waals surface area contributed by atoms with Gasteiger partial charge in [0.25, 0.3) is 5.88 Å². The summed E-state index contributed by atoms with van der Waals surface area (Å²) in [6.45, 7) is 0.311. The molecule has 0 aliphatic rings. The Morgan fingerprint density at radius 3 is 2.50 bits per heavy atom. The quantitative estimate of drug-likeness (QED) is 0.617. The second kappa shape index (κ2) is 6.40. The Balaban J connectivity index is 3.38. The smallest absolute Gasteiger partial charge is 0.478 e. The summed E-state index contributed by atoms with van der Waals surface area (Å²) in [5, 5.41) is 0. The number of nitrogens with zero attached hydrogens (tertiary/aromatic N) is 1. The average molecular weight is 297 g/mol. The highest BCUT2D eigenvalue weighted by molar-refractivity contribution is 5.93. The molecule has 1 aromatic heterocycles. The van der Waals surface area contributed by atoms with Crippen LogP contribution in [0.5, 0.6) is 11.6 Å². The lowest BCUT2D eigenvalue weighted by atomic mass is 10.2. The van der Waals surface area contributed by atoms with Crippen LogP contribution in [-0.2, 0) is 11.4 Å². The van der Waals surface area contributed by atoms with E-state index in [9.17, 15) is 22.4 Å². The molecule has 0 N–H and O–H groups in total. The van der Waals surface area contributed by atoms with E-state index in [1.807, 2.05) is 0 Å². The van der Waals surface area contributed by atoms with Crippen molar-refractivity contribution in [2.45, 2.75) is 20.0 Å². The Morgan fingerprint density at radius 2 is 2.05 bits per heavy atom. The summed E-state index contributed by atoms with van der Waals surface area (Å²) in [4.78, 5) is 15.1. The second-order valence-electron chi connectivity index (χ2n) is 3.40. The SMILES string of the molecule is CCOC(=O)c1cc(CF)nc(OC)c1OC(F)(F)F. The van der Waals surface area contributed by atoms with Crippen molar-refractivity contribution in [1.29, 1.82) is 0 Å². The molecule has 0 saturated heterocycles. The van der Waals surface area contributed by atoms with Crippen molar-refractivity contribution < 1.29 is 36.6 Å². The first-order valence-electron chi connectivity index (χ1n) is 5.39. The highest BCUT2D eigenvalue weighted by atomic mass is 19.4. The van der Waals surface area contributed by atoms with Crippen molar-refractivity contribution in [3.05, 3.63) is 17.3 Å². The van der Waals surface area contributed by atoms with E-state index in [0.29, 0.717) is 0 Å². The summed E-state index contributed by atoms with van der Waals surface area (Å²) in [5.41, 5.74) is -0.886. The number of halogens is 4. The zero-order valence-corrected chi connectivity index (χ0v) is 10.6. The van der Waals surface area contributed by atoms with Gasteiger partial charge in [-0.25, -0.2) is 14.2 Å². The third-order valence-corrected chi connectivity index (χ3v) is 2.04. The van der Waals surface area contributed by atoms with Crippen molar-refractivity contribution >= 4 is 5.97 Å². The maximum atomic E-state index is 12.6. The highest BCUT2D eigenvalue weighted by Gasteiger charge is 2.36. The van der Waals surface area contributed by atoms with Gasteiger partial charge in [0.2, 0.25) is 5.75 Å². The predicted octanol–water partition coefficient (Wildman–Crippen LogP) is 2.64. The summed E-state index contributed by atoms with van der Waals surface area (Å²) in [7, 11) is 1.02. The van der Waals surface area contributed by atoms with Crippen molar-refractivity contribution in [1.82, 2.24) is 4.98 Å². The largest absolute Gasteiger partial charge is 0.573 e. The lowest BCUT2D eigenvalue weighted by Crippen LogP contribution is -2.21. The number of carbonyl (C=O) groups excluding carboxylic acids is 1. The fourth-order valence-electron chi connectivity index (χ4n) is 1.34. The minimum Gasteiger partial charge on any atom is -0.478 e. The molecule has 0 atom stereocenters. The fourth-order valence-corrected chi connectivity index (χ4v) is 1.34. The van der Waals surface area contributed by atoms with Gasteiger partial charge in [0.05, 0.1) is 19.4 Å². The first kappa shape index (κ1) is 16.0. The molecule has 0 aromatic carbocycles. The highest BCUT2D eigenvalue weighted by Crippen LogP contribution is 2.35. The van der Waals surface area contributed by atoms with Crippen molar-refractivity contribution in [3.63, 3.8) is 0 Å². The Morgan fingerprint density at radius 1 is 1.40 bits per heavy atom. The number of hydrogen-bond acceptors (Lipinski definition) is 5. The number of ether oxygens (including phenoxy) is 3. The van der Waals surface area contributed by atoms with E-state index in [-0.39, 0.29) is 12.3 Å². The maximum absolute atomic E-state index is 12.6. The van der Waals surface area contributed by atoms with Crippen LogP contribution in [0.2, 0.25) is 0 Å². The summed E-state index contributed by atoms with van der Waals surface area (Å²) in [6.07, 6.45) is -5.06. The summed E-state index contributed by atoms with van der Waals surface area (Å²) >= 11 is 0. The Hall–Kier alpha value is -2.06. The number of pyridine rings is 1. The molecule has 1 rings (SSSR count). The summed E-state index contributed by atoms with van der Waals surface area (Å²) in [5.74, 6) is -2.71. The van der Waals surface area contributed by atoms with Gasteiger partial charge in [-0.1, -0.05) is 0 Å². The number of alkyl halides is 4. The first-order chi connectivity index (χ1) is 9.32. The standard InChI is InChI=1S/C11H11F4NO4/c1-3-19-10(17)7-4-6(5-12)16-9(18-2)8(7)20-11(13,14)15/h4H,3,5H2,1-2H3. The average Bonchev–Trinajstić information content (AvgIpc) is 2.37. The second-order valence-corrected chi connectivity index (χ2v) is 3.40. The predicted molar refractivity (Wildman–Crippen MR) is 58.2 cm³/mol. The molecule has 1 heterocycles. The molecule has 0 radical (unpaired) electrons. The molecule has 0 saturated carbocycles. The molecule has 20 heavy (non-hydrogen) atoms. The van der Waals surface area contributed by atoms with Crippen LogP contribution < -0.4 is 9.47 Å². The van der Waals surface area contributed by atoms with E-state index in [4.69, 9.17) is 0 Å². The molecule has 0 amide bonds. The Bertz CT molecular complexity index is 490. The van der Waals surface area contributed by atoms with Crippen LogP contribution in [0.25, 0.3) is 0 Å². The summed E-state index contributed by atoms with van der Waals surface area (Å²) < 4.78 is 62.5. The molecule has 0 fully saturated rings. The molecule has 0 bridgehead atoms. The topological polar surface area (TPSA) is 57.7 Å². The van der Waals surface area contributed by atoms with Crippen LogP contribution in [0.4, 0.5) is 17.6 Å². The van der Waals surface area contributed by atoms with Gasteiger partial charge in [-0.2, -0.15) is 0 Å². The summed E-state index contributed by atoms with van der Waals surface area (Å²) in [6, 6.07) is 0.821. The van der Waals surface area contributed by atoms with Crippen molar-refractivity contribution in [3.8, 4) is 11.6 Å². The molecule has 0 unspecified atom stereocenters. The van der Waals surface area contributed by atoms with Gasteiger partial charge in [0, 0.05) is 0 Å². The van der Waals surface area contributed by atoms with Crippen molar-refractivity contribution in [2.24, 2.45) is 0 Å². The molecule has 0 spiro atoms. The molecule has 0 aliphatic heterocycles. The van der Waals surface area contributed by atoms with Crippen LogP contribution in [0.1, 0.15) is 23.0 Å². The van der Waals surface area contributed by atoms with Gasteiger partial charge < -0.3 is 14.2 Å². The number of methoxy groups -OCH3 is 1. The molecule has 112 valence electrons. The van der Waals surface area contributed by atoms with Crippen LogP contribution in [0.3, 0.4) is 0 Å². The molecule has 0 aliphatic carbocycles. The molecule has 5 nitrogen and oxygen atoms in total. The van der Waals surface area contributed by atoms with Gasteiger partial charge in [-0.05, 0) is 13.0 Å². The van der Waals surface area contributed by atoms with E-state index in [1.165, 1.54) is 6.92 Å². The molecular weight excluding hydrogens is 286 g/mol. The van der Waals surface area contributed by atoms with Crippen LogP contribution in [-0.4, -0.2) is 31.0 Å². The van der Waals surface area contributed by atoms with Gasteiger partial charge in [0.1, 0.15) is 12.2 Å². The third kappa shape index (κ3) is 3.97. The van der Waals surface area contributed by atoms with E-state index < -0.39 is 36.2 Å². The number of esters is 1. The molecular formula is C11H11F4NO4. The fraction of sp³-hybridized carbons (Fsp3) is 0.455. The van der Waals surface area contributed by atoms with Gasteiger partial charge >= 0.3 is 12.3 Å². The third-order valence-electron chi connectivity index (χ3n) is 2.04. The zero-order chi connectivity index (χ0) is 15.3. The van der Waals surface area contributed by atoms with Gasteiger partial charge in [-0.15, -0.1) is 13.2 Å². The van der Waals surface area contributed by atoms with E-state index >= 15 is 0 Å². The number of hydrogen-bond donors (Lipinski definition) is 0.